The van der Waals surface area contributed by atoms with Crippen molar-refractivity contribution in [2.45, 2.75) is 122 Å². The smallest absolute Gasteiger partial charge is 0.472 e. The predicted molar refractivity (Wildman–Crippen MR) is 132 cm³/mol. The fraction of sp³-hybridized carbons (Fsp3) is 0.917. The second-order valence-corrected chi connectivity index (χ2v) is 10.3. The van der Waals surface area contributed by atoms with E-state index in [-0.39, 0.29) is 25.6 Å². The molecular weight excluding hydrogens is 461 g/mol. The number of rotatable bonds is 25. The normalized spacial score (nSPS) is 14.0. The molecule has 4 N–H and O–H groups in total. The SMILES string of the molecule is CCCCCCCCCCCCCCCCCC(=O)OCCCOP(=O)(O)OC[C@H](N)C(=O)O. The lowest BCUT2D eigenvalue weighted by Crippen LogP contribution is -2.34. The molecule has 0 bridgehead atoms. The first-order valence-electron chi connectivity index (χ1n) is 13.0. The Morgan fingerprint density at radius 3 is 1.71 bits per heavy atom. The standard InChI is InChI=1S/C24H48NO8P/c1-2-3-4-5-6-7-8-9-10-11-12-13-14-15-16-18-23(26)31-19-17-20-32-34(29,30)33-21-22(25)24(27)28/h22H,2-21,25H2,1H3,(H,27,28)(H,29,30)/t22-/m0/s1. The van der Waals surface area contributed by atoms with Gasteiger partial charge in [0.2, 0.25) is 0 Å². The molecule has 0 aliphatic heterocycles. The van der Waals surface area contributed by atoms with Crippen molar-refractivity contribution in [2.24, 2.45) is 5.73 Å². The number of carbonyl (C=O) groups excluding carboxylic acids is 1. The van der Waals surface area contributed by atoms with Crippen molar-refractivity contribution < 1.29 is 37.9 Å². The Bertz CT molecular complexity index is 561. The highest BCUT2D eigenvalue weighted by molar-refractivity contribution is 7.47. The van der Waals surface area contributed by atoms with Crippen LogP contribution in [0.2, 0.25) is 0 Å². The summed E-state index contributed by atoms with van der Waals surface area (Å²) in [5.41, 5.74) is 5.18. The average molecular weight is 510 g/mol. The van der Waals surface area contributed by atoms with Gasteiger partial charge in [-0.15, -0.1) is 0 Å². The van der Waals surface area contributed by atoms with Gasteiger partial charge in [0.15, 0.2) is 0 Å². The number of carboxylic acid groups (broad SMARTS) is 1. The summed E-state index contributed by atoms with van der Waals surface area (Å²) in [5, 5.41) is 8.59. The van der Waals surface area contributed by atoms with Crippen LogP contribution in [0.4, 0.5) is 0 Å². The summed E-state index contributed by atoms with van der Waals surface area (Å²) in [4.78, 5) is 31.7. The zero-order valence-corrected chi connectivity index (χ0v) is 22.0. The topological polar surface area (TPSA) is 145 Å². The number of aliphatic carboxylic acids is 1. The van der Waals surface area contributed by atoms with E-state index in [0.717, 1.165) is 19.3 Å². The highest BCUT2D eigenvalue weighted by Gasteiger charge is 2.24. The van der Waals surface area contributed by atoms with E-state index in [1.54, 1.807) is 0 Å². The molecule has 10 heteroatoms. The van der Waals surface area contributed by atoms with Crippen molar-refractivity contribution in [3.8, 4) is 0 Å². The Hall–Kier alpha value is -0.990. The number of hydrogen-bond acceptors (Lipinski definition) is 7. The average Bonchev–Trinajstić information content (AvgIpc) is 2.79. The second kappa shape index (κ2) is 22.5. The zero-order chi connectivity index (χ0) is 25.5. The maximum Gasteiger partial charge on any atom is 0.472 e. The molecule has 9 nitrogen and oxygen atoms in total. The Morgan fingerprint density at radius 1 is 0.765 bits per heavy atom. The molecule has 0 spiro atoms. The van der Waals surface area contributed by atoms with Gasteiger partial charge in [0.1, 0.15) is 6.04 Å². The van der Waals surface area contributed by atoms with Crippen LogP contribution in [0, 0.1) is 0 Å². The van der Waals surface area contributed by atoms with Crippen LogP contribution in [0.25, 0.3) is 0 Å². The monoisotopic (exact) mass is 509 g/mol. The molecule has 0 rings (SSSR count). The van der Waals surface area contributed by atoms with Crippen molar-refractivity contribution in [2.75, 3.05) is 19.8 Å². The van der Waals surface area contributed by atoms with E-state index in [4.69, 9.17) is 15.6 Å². The molecule has 0 radical (unpaired) electrons. The van der Waals surface area contributed by atoms with Crippen molar-refractivity contribution >= 4 is 19.8 Å². The van der Waals surface area contributed by atoms with Crippen molar-refractivity contribution in [3.05, 3.63) is 0 Å². The summed E-state index contributed by atoms with van der Waals surface area (Å²) in [6, 6.07) is -1.41. The van der Waals surface area contributed by atoms with Crippen LogP contribution in [0.15, 0.2) is 0 Å². The maximum absolute atomic E-state index is 11.7. The van der Waals surface area contributed by atoms with E-state index in [2.05, 4.69) is 16.0 Å². The van der Waals surface area contributed by atoms with E-state index in [0.29, 0.717) is 6.42 Å². The van der Waals surface area contributed by atoms with Gasteiger partial charge in [-0.1, -0.05) is 96.8 Å². The first-order chi connectivity index (χ1) is 16.3. The fourth-order valence-electron chi connectivity index (χ4n) is 3.42. The third kappa shape index (κ3) is 22.8. The van der Waals surface area contributed by atoms with Gasteiger partial charge in [0, 0.05) is 12.8 Å². The van der Waals surface area contributed by atoms with Crippen LogP contribution in [-0.2, 0) is 27.9 Å². The van der Waals surface area contributed by atoms with Gasteiger partial charge in [0.25, 0.3) is 0 Å². The summed E-state index contributed by atoms with van der Waals surface area (Å²) < 4.78 is 25.8. The molecule has 0 aliphatic rings. The van der Waals surface area contributed by atoms with Gasteiger partial charge in [-0.2, -0.15) is 0 Å². The molecule has 0 saturated carbocycles. The van der Waals surface area contributed by atoms with Crippen LogP contribution in [0.5, 0.6) is 0 Å². The van der Waals surface area contributed by atoms with E-state index < -0.39 is 26.4 Å². The predicted octanol–water partition coefficient (Wildman–Crippen LogP) is 5.73. The number of nitrogens with two attached hydrogens (primary N) is 1. The Balaban J connectivity index is 3.41. The molecule has 0 fully saturated rings. The van der Waals surface area contributed by atoms with Gasteiger partial charge in [-0.05, 0) is 6.42 Å². The minimum atomic E-state index is -4.38. The van der Waals surface area contributed by atoms with Gasteiger partial charge in [-0.3, -0.25) is 18.6 Å². The third-order valence-corrected chi connectivity index (χ3v) is 6.51. The summed E-state index contributed by atoms with van der Waals surface area (Å²) >= 11 is 0. The zero-order valence-electron chi connectivity index (χ0n) is 21.1. The Morgan fingerprint density at radius 2 is 1.24 bits per heavy atom. The number of phosphoric acid groups is 1. The molecule has 202 valence electrons. The molecule has 0 aromatic rings. The first kappa shape index (κ1) is 33.0. The molecule has 0 saturated heterocycles. The minimum absolute atomic E-state index is 0.0756. The van der Waals surface area contributed by atoms with Crippen LogP contribution >= 0.6 is 7.82 Å². The lowest BCUT2D eigenvalue weighted by molar-refractivity contribution is -0.144. The van der Waals surface area contributed by atoms with Crippen LogP contribution in [0.1, 0.15) is 116 Å². The quantitative estimate of drug-likeness (QED) is 0.0798. The molecular formula is C24H48NO8P. The third-order valence-electron chi connectivity index (χ3n) is 5.53. The van der Waals surface area contributed by atoms with Crippen LogP contribution < -0.4 is 5.73 Å². The van der Waals surface area contributed by atoms with E-state index in [1.807, 2.05) is 0 Å². The summed E-state index contributed by atoms with van der Waals surface area (Å²) in [5.74, 6) is -1.63. The molecule has 0 heterocycles. The van der Waals surface area contributed by atoms with E-state index in [1.165, 1.54) is 77.0 Å². The molecule has 1 unspecified atom stereocenters. The highest BCUT2D eigenvalue weighted by Crippen LogP contribution is 2.43. The number of phosphoric ester groups is 1. The van der Waals surface area contributed by atoms with Crippen molar-refractivity contribution in [1.29, 1.82) is 0 Å². The largest absolute Gasteiger partial charge is 0.480 e. The van der Waals surface area contributed by atoms with Crippen LogP contribution in [-0.4, -0.2) is 47.8 Å². The Labute approximate surface area is 205 Å². The molecule has 0 amide bonds. The van der Waals surface area contributed by atoms with E-state index in [9.17, 15) is 19.0 Å². The summed E-state index contributed by atoms with van der Waals surface area (Å²) in [6.07, 6.45) is 19.6. The van der Waals surface area contributed by atoms with Gasteiger partial charge >= 0.3 is 19.8 Å². The van der Waals surface area contributed by atoms with Gasteiger partial charge in [0.05, 0.1) is 19.8 Å². The lowest BCUT2D eigenvalue weighted by atomic mass is 10.0. The number of esters is 1. The van der Waals surface area contributed by atoms with Crippen molar-refractivity contribution in [3.63, 3.8) is 0 Å². The summed E-state index contributed by atoms with van der Waals surface area (Å²) in [7, 11) is -4.38. The number of carboxylic acids is 1. The van der Waals surface area contributed by atoms with Gasteiger partial charge in [-0.25, -0.2) is 4.57 Å². The molecule has 0 aromatic heterocycles. The number of unbranched alkanes of at least 4 members (excludes halogenated alkanes) is 14. The minimum Gasteiger partial charge on any atom is -0.480 e. The fourth-order valence-corrected chi connectivity index (χ4v) is 4.20. The number of hydrogen-bond donors (Lipinski definition) is 3. The molecule has 0 aliphatic carbocycles. The van der Waals surface area contributed by atoms with Gasteiger partial charge < -0.3 is 20.5 Å². The maximum atomic E-state index is 11.7. The Kier molecular flexibility index (Phi) is 21.8. The van der Waals surface area contributed by atoms with Crippen LogP contribution in [0.3, 0.4) is 0 Å². The molecule has 34 heavy (non-hydrogen) atoms. The highest BCUT2D eigenvalue weighted by atomic mass is 31.2. The number of carbonyl (C=O) groups is 2. The summed E-state index contributed by atoms with van der Waals surface area (Å²) in [6.45, 7) is 1.52. The first-order valence-corrected chi connectivity index (χ1v) is 14.5. The molecule has 2 atom stereocenters. The van der Waals surface area contributed by atoms with E-state index >= 15 is 0 Å². The number of ether oxygens (including phenoxy) is 1. The molecule has 0 aromatic carbocycles. The van der Waals surface area contributed by atoms with Crippen molar-refractivity contribution in [1.82, 2.24) is 0 Å². The lowest BCUT2D eigenvalue weighted by Gasteiger charge is -2.13. The second-order valence-electron chi connectivity index (χ2n) is 8.82.